The highest BCUT2D eigenvalue weighted by Crippen LogP contribution is 2.39. The van der Waals surface area contributed by atoms with Crippen LogP contribution in [0, 0.1) is 0 Å². The van der Waals surface area contributed by atoms with Crippen LogP contribution >= 0.6 is 0 Å². The van der Waals surface area contributed by atoms with Gasteiger partial charge in [-0.2, -0.15) is 0 Å². The Morgan fingerprint density at radius 1 is 1.04 bits per heavy atom. The lowest BCUT2D eigenvalue weighted by molar-refractivity contribution is 0.286. The van der Waals surface area contributed by atoms with Crippen molar-refractivity contribution in [3.05, 3.63) is 47.0 Å². The van der Waals surface area contributed by atoms with Gasteiger partial charge >= 0.3 is 0 Å². The van der Waals surface area contributed by atoms with E-state index < -0.39 is 0 Å². The first kappa shape index (κ1) is 17.4. The number of rotatable bonds is 6. The van der Waals surface area contributed by atoms with Crippen molar-refractivity contribution in [1.82, 2.24) is 5.32 Å². The van der Waals surface area contributed by atoms with Crippen LogP contribution in [0.3, 0.4) is 0 Å². The summed E-state index contributed by atoms with van der Waals surface area (Å²) in [5.41, 5.74) is 3.39. The van der Waals surface area contributed by atoms with E-state index in [0.717, 1.165) is 35.6 Å². The van der Waals surface area contributed by atoms with Gasteiger partial charge in [0.1, 0.15) is 0 Å². The number of fused-ring (bicyclic) bond motifs is 1. The topological polar surface area (TPSA) is 60.0 Å². The molecule has 2 N–H and O–H groups in total. The maximum absolute atomic E-state index is 10.1. The maximum Gasteiger partial charge on any atom is 0.161 e. The molecule has 0 saturated carbocycles. The van der Waals surface area contributed by atoms with E-state index in [1.807, 2.05) is 19.9 Å². The molecule has 2 aromatic carbocycles. The van der Waals surface area contributed by atoms with Crippen LogP contribution in [0.1, 0.15) is 36.6 Å². The van der Waals surface area contributed by atoms with Crippen molar-refractivity contribution in [2.24, 2.45) is 0 Å². The summed E-state index contributed by atoms with van der Waals surface area (Å²) in [6.45, 7) is 5.99. The van der Waals surface area contributed by atoms with Gasteiger partial charge in [0.05, 0.1) is 26.4 Å². The molecule has 1 atom stereocenters. The highest BCUT2D eigenvalue weighted by Gasteiger charge is 2.24. The number of hydrogen-bond acceptors (Lipinski definition) is 5. The van der Waals surface area contributed by atoms with Gasteiger partial charge in [0.15, 0.2) is 23.0 Å². The lowest BCUT2D eigenvalue weighted by atomic mass is 9.89. The smallest absolute Gasteiger partial charge is 0.161 e. The van der Waals surface area contributed by atoms with Crippen molar-refractivity contribution in [2.75, 3.05) is 26.9 Å². The van der Waals surface area contributed by atoms with E-state index in [2.05, 4.69) is 17.4 Å². The molecule has 1 heterocycles. The Hall–Kier alpha value is -2.40. The molecule has 1 aliphatic rings. The average molecular weight is 343 g/mol. The van der Waals surface area contributed by atoms with E-state index >= 15 is 0 Å². The van der Waals surface area contributed by atoms with Crippen molar-refractivity contribution in [3.63, 3.8) is 0 Å². The summed E-state index contributed by atoms with van der Waals surface area (Å²) < 4.78 is 16.7. The Balaban J connectivity index is 2.03. The number of methoxy groups -OCH3 is 1. The van der Waals surface area contributed by atoms with E-state index in [0.29, 0.717) is 19.0 Å². The number of nitrogens with one attached hydrogen (secondary N) is 1. The molecule has 0 radical (unpaired) electrons. The van der Waals surface area contributed by atoms with Gasteiger partial charge in [-0.1, -0.05) is 6.07 Å². The quantitative estimate of drug-likeness (QED) is 0.841. The van der Waals surface area contributed by atoms with Crippen LogP contribution in [0.4, 0.5) is 0 Å². The molecule has 0 spiro atoms. The molecular weight excluding hydrogens is 318 g/mol. The number of benzene rings is 2. The normalized spacial score (nSPS) is 16.2. The van der Waals surface area contributed by atoms with Crippen LogP contribution in [-0.4, -0.2) is 32.0 Å². The van der Waals surface area contributed by atoms with Gasteiger partial charge in [0, 0.05) is 6.54 Å². The SMILES string of the molecule is CCOc1cc2c(cc1OCC)C(c1ccc(OC)c(O)c1)NCC2. The summed E-state index contributed by atoms with van der Waals surface area (Å²) in [5, 5.41) is 13.7. The summed E-state index contributed by atoms with van der Waals surface area (Å²) in [6.07, 6.45) is 0.931. The molecule has 3 rings (SSSR count). The molecule has 134 valence electrons. The molecule has 0 bridgehead atoms. The Morgan fingerprint density at radius 3 is 2.40 bits per heavy atom. The average Bonchev–Trinajstić information content (AvgIpc) is 2.62. The second-order valence-corrected chi connectivity index (χ2v) is 5.93. The minimum absolute atomic E-state index is 0.00422. The van der Waals surface area contributed by atoms with Crippen LogP contribution in [0.5, 0.6) is 23.0 Å². The first-order valence-electron chi connectivity index (χ1n) is 8.70. The summed E-state index contributed by atoms with van der Waals surface area (Å²) in [6, 6.07) is 9.65. The van der Waals surface area contributed by atoms with Crippen molar-refractivity contribution < 1.29 is 19.3 Å². The number of phenolic OH excluding ortho intramolecular Hbond substituents is 1. The molecule has 5 nitrogen and oxygen atoms in total. The second-order valence-electron chi connectivity index (χ2n) is 5.93. The summed E-state index contributed by atoms with van der Waals surface area (Å²) in [4.78, 5) is 0. The number of ether oxygens (including phenoxy) is 3. The molecule has 0 amide bonds. The summed E-state index contributed by atoms with van der Waals surface area (Å²) in [5.74, 6) is 2.17. The first-order chi connectivity index (χ1) is 12.2. The first-order valence-corrected chi connectivity index (χ1v) is 8.70. The molecule has 0 saturated heterocycles. The minimum atomic E-state index is -0.00422. The lowest BCUT2D eigenvalue weighted by Gasteiger charge is -2.29. The van der Waals surface area contributed by atoms with Crippen molar-refractivity contribution in [1.29, 1.82) is 0 Å². The third-order valence-electron chi connectivity index (χ3n) is 4.40. The van der Waals surface area contributed by atoms with Crippen LogP contribution in [-0.2, 0) is 6.42 Å². The molecule has 0 fully saturated rings. The molecule has 1 aliphatic heterocycles. The molecule has 2 aromatic rings. The number of phenols is 1. The van der Waals surface area contributed by atoms with Gasteiger partial charge in [-0.05, 0) is 61.2 Å². The number of hydrogen-bond donors (Lipinski definition) is 2. The van der Waals surface area contributed by atoms with E-state index in [1.165, 1.54) is 5.56 Å². The Kier molecular flexibility index (Phi) is 5.34. The molecule has 0 aromatic heterocycles. The monoisotopic (exact) mass is 343 g/mol. The van der Waals surface area contributed by atoms with Gasteiger partial charge in [-0.3, -0.25) is 0 Å². The largest absolute Gasteiger partial charge is 0.504 e. The highest BCUT2D eigenvalue weighted by molar-refractivity contribution is 5.53. The van der Waals surface area contributed by atoms with Crippen molar-refractivity contribution in [3.8, 4) is 23.0 Å². The standard InChI is InChI=1S/C20H25NO4/c1-4-24-18-11-13-8-9-21-20(15(13)12-19(18)25-5-2)14-6-7-17(23-3)16(22)10-14/h6-7,10-12,20-22H,4-5,8-9H2,1-3H3. The van der Waals surface area contributed by atoms with E-state index in [4.69, 9.17) is 14.2 Å². The fraction of sp³-hybridized carbons (Fsp3) is 0.400. The summed E-state index contributed by atoms with van der Waals surface area (Å²) >= 11 is 0. The Labute approximate surface area is 148 Å². The van der Waals surface area contributed by atoms with E-state index in [-0.39, 0.29) is 11.8 Å². The molecule has 1 unspecified atom stereocenters. The molecule has 5 heteroatoms. The van der Waals surface area contributed by atoms with Crippen LogP contribution in [0.2, 0.25) is 0 Å². The Morgan fingerprint density at radius 2 is 1.76 bits per heavy atom. The van der Waals surface area contributed by atoms with Gasteiger partial charge in [0.25, 0.3) is 0 Å². The van der Waals surface area contributed by atoms with Gasteiger partial charge in [0.2, 0.25) is 0 Å². The predicted molar refractivity (Wildman–Crippen MR) is 97.0 cm³/mol. The van der Waals surface area contributed by atoms with Crippen LogP contribution < -0.4 is 19.5 Å². The highest BCUT2D eigenvalue weighted by atomic mass is 16.5. The van der Waals surface area contributed by atoms with E-state index in [9.17, 15) is 5.11 Å². The van der Waals surface area contributed by atoms with Gasteiger partial charge in [-0.15, -0.1) is 0 Å². The zero-order chi connectivity index (χ0) is 17.8. The van der Waals surface area contributed by atoms with Crippen molar-refractivity contribution in [2.45, 2.75) is 26.3 Å². The Bertz CT molecular complexity index is 745. The number of aromatic hydroxyl groups is 1. The van der Waals surface area contributed by atoms with Crippen LogP contribution in [0.15, 0.2) is 30.3 Å². The van der Waals surface area contributed by atoms with Crippen LogP contribution in [0.25, 0.3) is 0 Å². The fourth-order valence-corrected chi connectivity index (χ4v) is 3.28. The molecule has 25 heavy (non-hydrogen) atoms. The van der Waals surface area contributed by atoms with Gasteiger partial charge < -0.3 is 24.6 Å². The minimum Gasteiger partial charge on any atom is -0.504 e. The third kappa shape index (κ3) is 3.51. The predicted octanol–water partition coefficient (Wildman–Crippen LogP) is 3.43. The van der Waals surface area contributed by atoms with Gasteiger partial charge in [-0.25, -0.2) is 0 Å². The van der Waals surface area contributed by atoms with Crippen molar-refractivity contribution >= 4 is 0 Å². The fourth-order valence-electron chi connectivity index (χ4n) is 3.28. The third-order valence-corrected chi connectivity index (χ3v) is 4.40. The lowest BCUT2D eigenvalue weighted by Crippen LogP contribution is -2.30. The zero-order valence-corrected chi connectivity index (χ0v) is 15.0. The zero-order valence-electron chi connectivity index (χ0n) is 15.0. The maximum atomic E-state index is 10.1. The molecular formula is C20H25NO4. The molecule has 0 aliphatic carbocycles. The second kappa shape index (κ2) is 7.66. The summed E-state index contributed by atoms with van der Waals surface area (Å²) in [7, 11) is 1.55. The van der Waals surface area contributed by atoms with E-state index in [1.54, 1.807) is 19.2 Å².